The van der Waals surface area contributed by atoms with Crippen LogP contribution in [-0.2, 0) is 0 Å². The van der Waals surface area contributed by atoms with Gasteiger partial charge in [-0.1, -0.05) is 38.0 Å². The number of aromatic nitrogens is 1. The Kier molecular flexibility index (Phi) is 4.06. The van der Waals surface area contributed by atoms with Crippen molar-refractivity contribution in [2.75, 3.05) is 11.9 Å². The number of rotatable bonds is 3. The Balaban J connectivity index is 1.84. The van der Waals surface area contributed by atoms with Gasteiger partial charge in [0, 0.05) is 18.1 Å². The molecule has 2 aromatic rings. The first-order valence-electron chi connectivity index (χ1n) is 7.79. The summed E-state index contributed by atoms with van der Waals surface area (Å²) < 4.78 is 0. The lowest BCUT2D eigenvalue weighted by Crippen LogP contribution is -2.21. The first kappa shape index (κ1) is 13.9. The first-order valence-corrected chi connectivity index (χ1v) is 7.79. The van der Waals surface area contributed by atoms with Gasteiger partial charge >= 0.3 is 0 Å². The summed E-state index contributed by atoms with van der Waals surface area (Å²) in [4.78, 5) is 4.36. The van der Waals surface area contributed by atoms with Crippen molar-refractivity contribution in [2.24, 2.45) is 11.8 Å². The summed E-state index contributed by atoms with van der Waals surface area (Å²) >= 11 is 0. The monoisotopic (exact) mass is 279 g/mol. The molecule has 1 aliphatic rings. The summed E-state index contributed by atoms with van der Waals surface area (Å²) in [6, 6.07) is 10.3. The van der Waals surface area contributed by atoms with Gasteiger partial charge in [0.05, 0.1) is 16.8 Å². The second-order valence-corrected chi connectivity index (χ2v) is 6.19. The van der Waals surface area contributed by atoms with Gasteiger partial charge in [-0.25, -0.2) is 0 Å². The van der Waals surface area contributed by atoms with Crippen LogP contribution in [0.4, 0.5) is 5.69 Å². The lowest BCUT2D eigenvalue weighted by Gasteiger charge is -2.27. The lowest BCUT2D eigenvalue weighted by atomic mass is 9.82. The number of nitrogens with zero attached hydrogens (tertiary/aromatic N) is 2. The Labute approximate surface area is 126 Å². The maximum atomic E-state index is 9.33. The quantitative estimate of drug-likeness (QED) is 0.909. The minimum Gasteiger partial charge on any atom is -0.383 e. The van der Waals surface area contributed by atoms with Gasteiger partial charge in [0.1, 0.15) is 6.07 Å². The second kappa shape index (κ2) is 6.13. The molecule has 1 aromatic heterocycles. The third-order valence-electron chi connectivity index (χ3n) is 4.51. The molecule has 1 aliphatic carbocycles. The van der Waals surface area contributed by atoms with Crippen LogP contribution in [-0.4, -0.2) is 11.5 Å². The Bertz CT molecular complexity index is 672. The molecule has 1 N–H and O–H groups in total. The normalized spacial score (nSPS) is 21.9. The fourth-order valence-corrected chi connectivity index (χ4v) is 3.41. The third-order valence-corrected chi connectivity index (χ3v) is 4.51. The van der Waals surface area contributed by atoms with E-state index in [1.54, 1.807) is 6.20 Å². The minimum atomic E-state index is 0.637. The molecule has 2 atom stereocenters. The number of benzene rings is 1. The Morgan fingerprint density at radius 3 is 3.00 bits per heavy atom. The molecule has 3 nitrogen and oxygen atoms in total. The van der Waals surface area contributed by atoms with Crippen molar-refractivity contribution >= 4 is 16.6 Å². The van der Waals surface area contributed by atoms with Crippen LogP contribution in [0, 0.1) is 23.2 Å². The van der Waals surface area contributed by atoms with E-state index in [9.17, 15) is 5.26 Å². The largest absolute Gasteiger partial charge is 0.383 e. The summed E-state index contributed by atoms with van der Waals surface area (Å²) in [5.41, 5.74) is 2.52. The molecule has 1 heterocycles. The summed E-state index contributed by atoms with van der Waals surface area (Å²) in [6.45, 7) is 3.29. The number of fused-ring (bicyclic) bond motifs is 1. The van der Waals surface area contributed by atoms with Gasteiger partial charge in [-0.3, -0.25) is 4.98 Å². The molecule has 108 valence electrons. The van der Waals surface area contributed by atoms with Crippen molar-refractivity contribution in [2.45, 2.75) is 32.6 Å². The van der Waals surface area contributed by atoms with Crippen LogP contribution in [0.25, 0.3) is 10.9 Å². The number of para-hydroxylation sites is 1. The van der Waals surface area contributed by atoms with E-state index >= 15 is 0 Å². The zero-order valence-electron chi connectivity index (χ0n) is 12.5. The van der Waals surface area contributed by atoms with Gasteiger partial charge < -0.3 is 5.32 Å². The Morgan fingerprint density at radius 1 is 1.33 bits per heavy atom. The first-order chi connectivity index (χ1) is 10.3. The van der Waals surface area contributed by atoms with Crippen molar-refractivity contribution in [3.8, 4) is 6.07 Å². The average molecular weight is 279 g/mol. The van der Waals surface area contributed by atoms with E-state index in [-0.39, 0.29) is 0 Å². The molecule has 0 radical (unpaired) electrons. The zero-order chi connectivity index (χ0) is 14.7. The highest BCUT2D eigenvalue weighted by molar-refractivity contribution is 5.93. The van der Waals surface area contributed by atoms with Crippen LogP contribution < -0.4 is 5.32 Å². The number of nitriles is 1. The van der Waals surface area contributed by atoms with Crippen LogP contribution in [0.15, 0.2) is 30.5 Å². The van der Waals surface area contributed by atoms with Crippen molar-refractivity contribution < 1.29 is 0 Å². The fourth-order valence-electron chi connectivity index (χ4n) is 3.41. The molecule has 3 heteroatoms. The smallest absolute Gasteiger partial charge is 0.103 e. The highest BCUT2D eigenvalue weighted by atomic mass is 14.9. The third kappa shape index (κ3) is 3.00. The number of nitrogens with one attached hydrogen (secondary N) is 1. The average Bonchev–Trinajstić information content (AvgIpc) is 2.52. The van der Waals surface area contributed by atoms with Crippen LogP contribution in [0.2, 0.25) is 0 Å². The van der Waals surface area contributed by atoms with E-state index in [4.69, 9.17) is 0 Å². The van der Waals surface area contributed by atoms with Crippen LogP contribution in [0.5, 0.6) is 0 Å². The topological polar surface area (TPSA) is 48.7 Å². The molecule has 0 bridgehead atoms. The van der Waals surface area contributed by atoms with E-state index in [0.717, 1.165) is 29.1 Å². The van der Waals surface area contributed by atoms with Crippen LogP contribution in [0.3, 0.4) is 0 Å². The highest BCUT2D eigenvalue weighted by Gasteiger charge is 2.19. The van der Waals surface area contributed by atoms with Crippen molar-refractivity contribution in [3.05, 3.63) is 36.0 Å². The molecule has 0 aliphatic heterocycles. The highest BCUT2D eigenvalue weighted by Crippen LogP contribution is 2.30. The molecule has 1 aromatic carbocycles. The maximum absolute atomic E-state index is 9.33. The van der Waals surface area contributed by atoms with E-state index in [1.165, 1.54) is 25.7 Å². The number of hydrogen-bond donors (Lipinski definition) is 1. The molecular formula is C18H21N3. The molecule has 2 unspecified atom stereocenters. The van der Waals surface area contributed by atoms with E-state index in [1.807, 2.05) is 24.3 Å². The van der Waals surface area contributed by atoms with Gasteiger partial charge in [0.15, 0.2) is 0 Å². The minimum absolute atomic E-state index is 0.637. The standard InChI is InChI=1S/C18H21N3/c1-13-5-4-6-14(9-13)11-21-18-15(10-19)12-20-17-8-3-2-7-16(17)18/h2-3,7-8,12-14H,4-6,9,11H2,1H3,(H,20,21). The van der Waals surface area contributed by atoms with Crippen LogP contribution in [0.1, 0.15) is 38.2 Å². The summed E-state index contributed by atoms with van der Waals surface area (Å²) in [7, 11) is 0. The second-order valence-electron chi connectivity index (χ2n) is 6.19. The van der Waals surface area contributed by atoms with E-state index in [2.05, 4.69) is 23.3 Å². The lowest BCUT2D eigenvalue weighted by molar-refractivity contribution is 0.293. The summed E-state index contributed by atoms with van der Waals surface area (Å²) in [5.74, 6) is 1.54. The molecule has 3 rings (SSSR count). The molecular weight excluding hydrogens is 258 g/mol. The number of pyridine rings is 1. The Morgan fingerprint density at radius 2 is 2.19 bits per heavy atom. The summed E-state index contributed by atoms with van der Waals surface area (Å²) in [5, 5.41) is 13.9. The SMILES string of the molecule is CC1CCCC(CNc2c(C#N)cnc3ccccc23)C1. The molecule has 0 amide bonds. The van der Waals surface area contributed by atoms with Gasteiger partial charge in [-0.15, -0.1) is 0 Å². The van der Waals surface area contributed by atoms with E-state index in [0.29, 0.717) is 11.5 Å². The molecule has 1 fully saturated rings. The fraction of sp³-hybridized carbons (Fsp3) is 0.444. The molecule has 21 heavy (non-hydrogen) atoms. The van der Waals surface area contributed by atoms with Crippen molar-refractivity contribution in [1.29, 1.82) is 5.26 Å². The van der Waals surface area contributed by atoms with Crippen LogP contribution >= 0.6 is 0 Å². The van der Waals surface area contributed by atoms with Gasteiger partial charge in [0.25, 0.3) is 0 Å². The molecule has 0 spiro atoms. The van der Waals surface area contributed by atoms with Gasteiger partial charge in [0.2, 0.25) is 0 Å². The Hall–Kier alpha value is -2.08. The number of hydrogen-bond acceptors (Lipinski definition) is 3. The predicted molar refractivity (Wildman–Crippen MR) is 86.1 cm³/mol. The molecule has 1 saturated carbocycles. The number of anilines is 1. The summed E-state index contributed by atoms with van der Waals surface area (Å²) in [6.07, 6.45) is 6.95. The molecule has 0 saturated heterocycles. The predicted octanol–water partition coefficient (Wildman–Crippen LogP) is 4.34. The zero-order valence-corrected chi connectivity index (χ0v) is 12.5. The van der Waals surface area contributed by atoms with Crippen molar-refractivity contribution in [3.63, 3.8) is 0 Å². The van der Waals surface area contributed by atoms with Crippen molar-refractivity contribution in [1.82, 2.24) is 4.98 Å². The van der Waals surface area contributed by atoms with E-state index < -0.39 is 0 Å². The maximum Gasteiger partial charge on any atom is 0.103 e. The van der Waals surface area contributed by atoms with Gasteiger partial charge in [-0.2, -0.15) is 5.26 Å². The van der Waals surface area contributed by atoms with Gasteiger partial charge in [-0.05, 0) is 30.7 Å².